The van der Waals surface area contributed by atoms with E-state index in [0.29, 0.717) is 6.54 Å². The predicted molar refractivity (Wildman–Crippen MR) is 126 cm³/mol. The van der Waals surface area contributed by atoms with E-state index in [1.807, 2.05) is 9.80 Å². The quantitative estimate of drug-likeness (QED) is 0.576. The molecular formula is C25H38N4O4. The minimum atomic E-state index is -0.776. The Morgan fingerprint density at radius 1 is 0.970 bits per heavy atom. The molecule has 0 aromatic heterocycles. The molecule has 0 radical (unpaired) electrons. The van der Waals surface area contributed by atoms with Gasteiger partial charge in [-0.15, -0.1) is 0 Å². The largest absolute Gasteiger partial charge is 0.480 e. The van der Waals surface area contributed by atoms with Crippen molar-refractivity contribution in [2.45, 2.75) is 38.3 Å². The van der Waals surface area contributed by atoms with Gasteiger partial charge in [0.2, 0.25) is 0 Å². The number of aliphatic carboxylic acids is 1. The molecular weight excluding hydrogens is 420 g/mol. The van der Waals surface area contributed by atoms with E-state index >= 15 is 0 Å². The lowest BCUT2D eigenvalue weighted by Gasteiger charge is -2.34. The van der Waals surface area contributed by atoms with Gasteiger partial charge >= 0.3 is 12.1 Å². The van der Waals surface area contributed by atoms with Crippen LogP contribution in [0.1, 0.15) is 31.2 Å². The lowest BCUT2D eigenvalue weighted by atomic mass is 9.92. The van der Waals surface area contributed by atoms with Crippen molar-refractivity contribution in [1.29, 1.82) is 0 Å². The summed E-state index contributed by atoms with van der Waals surface area (Å²) in [5.41, 5.74) is 1.39. The minimum absolute atomic E-state index is 0.0789. The Morgan fingerprint density at radius 3 is 2.36 bits per heavy atom. The van der Waals surface area contributed by atoms with Crippen molar-refractivity contribution in [3.8, 4) is 0 Å². The van der Waals surface area contributed by atoms with E-state index in [2.05, 4.69) is 40.1 Å². The van der Waals surface area contributed by atoms with Crippen LogP contribution in [0, 0.1) is 5.92 Å². The summed E-state index contributed by atoms with van der Waals surface area (Å²) in [6, 6.07) is 10.7. The second-order valence-electron chi connectivity index (χ2n) is 9.77. The summed E-state index contributed by atoms with van der Waals surface area (Å²) in [7, 11) is 0. The Morgan fingerprint density at radius 2 is 1.67 bits per heavy atom. The molecule has 1 aromatic carbocycles. The molecule has 3 aliphatic rings. The Hall–Kier alpha value is -2.16. The highest BCUT2D eigenvalue weighted by Crippen LogP contribution is 2.24. The van der Waals surface area contributed by atoms with Crippen LogP contribution in [-0.2, 0) is 16.1 Å². The summed E-state index contributed by atoms with van der Waals surface area (Å²) in [4.78, 5) is 31.8. The molecule has 1 atom stereocenters. The maximum Gasteiger partial charge on any atom is 0.410 e. The average molecular weight is 459 g/mol. The Labute approximate surface area is 197 Å². The normalized spacial score (nSPS) is 23.7. The van der Waals surface area contributed by atoms with Crippen molar-refractivity contribution in [3.05, 3.63) is 35.9 Å². The Kier molecular flexibility index (Phi) is 8.58. The van der Waals surface area contributed by atoms with Gasteiger partial charge in [-0.2, -0.15) is 0 Å². The lowest BCUT2D eigenvalue weighted by molar-refractivity contribution is -0.138. The molecule has 4 rings (SSSR count). The van der Waals surface area contributed by atoms with Gasteiger partial charge in [-0.3, -0.25) is 19.5 Å². The summed E-state index contributed by atoms with van der Waals surface area (Å²) in [5.74, 6) is -0.0184. The Bertz CT molecular complexity index is 761. The number of cyclic esters (lactones) is 1. The van der Waals surface area contributed by atoms with Crippen LogP contribution in [-0.4, -0.2) is 108 Å². The maximum atomic E-state index is 12.3. The van der Waals surface area contributed by atoms with Crippen LogP contribution in [0.4, 0.5) is 4.79 Å². The van der Waals surface area contributed by atoms with Crippen LogP contribution >= 0.6 is 0 Å². The number of ether oxygens (including phenoxy) is 1. The highest BCUT2D eigenvalue weighted by Gasteiger charge is 2.33. The van der Waals surface area contributed by atoms with E-state index < -0.39 is 5.97 Å². The molecule has 0 spiro atoms. The number of rotatable bonds is 10. The molecule has 3 aliphatic heterocycles. The van der Waals surface area contributed by atoms with Crippen LogP contribution in [0.5, 0.6) is 0 Å². The first-order valence-corrected chi connectivity index (χ1v) is 12.4. The predicted octanol–water partition coefficient (Wildman–Crippen LogP) is 2.20. The van der Waals surface area contributed by atoms with Crippen molar-refractivity contribution in [2.75, 3.05) is 65.4 Å². The van der Waals surface area contributed by atoms with Crippen molar-refractivity contribution >= 4 is 12.1 Å². The monoisotopic (exact) mass is 458 g/mol. The van der Waals surface area contributed by atoms with E-state index in [1.165, 1.54) is 24.8 Å². The molecule has 0 bridgehead atoms. The number of carboxylic acids is 1. The number of hydrogen-bond acceptors (Lipinski definition) is 6. The van der Waals surface area contributed by atoms with Crippen molar-refractivity contribution < 1.29 is 19.4 Å². The van der Waals surface area contributed by atoms with Gasteiger partial charge in [0.15, 0.2) is 0 Å². The van der Waals surface area contributed by atoms with Gasteiger partial charge in [0.25, 0.3) is 0 Å². The van der Waals surface area contributed by atoms with E-state index in [1.54, 1.807) is 0 Å². The Balaban J connectivity index is 1.09. The fourth-order valence-corrected chi connectivity index (χ4v) is 5.31. The molecule has 0 aliphatic carbocycles. The third-order valence-corrected chi connectivity index (χ3v) is 7.23. The van der Waals surface area contributed by atoms with Crippen LogP contribution in [0.3, 0.4) is 0 Å². The van der Waals surface area contributed by atoms with Crippen LogP contribution in [0.25, 0.3) is 0 Å². The van der Waals surface area contributed by atoms with Crippen molar-refractivity contribution in [1.82, 2.24) is 19.6 Å². The number of carbonyl (C=O) groups is 2. The lowest BCUT2D eigenvalue weighted by Crippen LogP contribution is -2.50. The second-order valence-corrected chi connectivity index (χ2v) is 9.77. The van der Waals surface area contributed by atoms with Gasteiger partial charge in [0.05, 0.1) is 13.1 Å². The summed E-state index contributed by atoms with van der Waals surface area (Å²) in [6.07, 6.45) is 4.45. The summed E-state index contributed by atoms with van der Waals surface area (Å²) in [6.45, 7) is 8.81. The topological polar surface area (TPSA) is 76.6 Å². The van der Waals surface area contributed by atoms with Gasteiger partial charge in [-0.1, -0.05) is 30.3 Å². The molecule has 0 saturated carbocycles. The first-order valence-electron chi connectivity index (χ1n) is 12.4. The molecule has 1 N–H and O–H groups in total. The number of amides is 1. The molecule has 3 heterocycles. The maximum absolute atomic E-state index is 12.3. The van der Waals surface area contributed by atoms with E-state index in [9.17, 15) is 9.59 Å². The zero-order valence-corrected chi connectivity index (χ0v) is 19.6. The van der Waals surface area contributed by atoms with E-state index in [-0.39, 0.29) is 18.7 Å². The van der Waals surface area contributed by atoms with Crippen LogP contribution < -0.4 is 0 Å². The first kappa shape index (κ1) is 24.0. The zero-order chi connectivity index (χ0) is 23.0. The second kappa shape index (κ2) is 11.8. The first-order chi connectivity index (χ1) is 16.0. The molecule has 1 amide bonds. The number of nitrogens with zero attached hydrogens (tertiary/aromatic N) is 4. The standard InChI is InChI=1S/C25H38N4O4/c30-24(31)20-28-15-13-27(14-16-28)18-23-19-29(25(32)33-23)10-4-7-21-8-11-26(12-9-21)17-22-5-2-1-3-6-22/h1-3,5-6,21,23H,4,7-20H2,(H,30,31). The zero-order valence-electron chi connectivity index (χ0n) is 19.6. The van der Waals surface area contributed by atoms with Gasteiger partial charge < -0.3 is 14.7 Å². The third kappa shape index (κ3) is 7.42. The fraction of sp³-hybridized carbons (Fsp3) is 0.680. The molecule has 1 aromatic rings. The molecule has 33 heavy (non-hydrogen) atoms. The molecule has 3 saturated heterocycles. The van der Waals surface area contributed by atoms with Gasteiger partial charge in [0.1, 0.15) is 6.10 Å². The number of piperazine rings is 1. The van der Waals surface area contributed by atoms with Crippen molar-refractivity contribution in [3.63, 3.8) is 0 Å². The van der Waals surface area contributed by atoms with E-state index in [0.717, 1.165) is 71.2 Å². The SMILES string of the molecule is O=C(O)CN1CCN(CC2CN(CCCC3CCN(Cc4ccccc4)CC3)C(=O)O2)CC1. The highest BCUT2D eigenvalue weighted by molar-refractivity contribution is 5.70. The third-order valence-electron chi connectivity index (χ3n) is 7.23. The number of piperidine rings is 1. The number of carbonyl (C=O) groups excluding carboxylic acids is 1. The summed E-state index contributed by atoms with van der Waals surface area (Å²) >= 11 is 0. The van der Waals surface area contributed by atoms with Gasteiger partial charge in [-0.25, -0.2) is 4.79 Å². The fourth-order valence-electron chi connectivity index (χ4n) is 5.31. The van der Waals surface area contributed by atoms with E-state index in [4.69, 9.17) is 9.84 Å². The molecule has 3 fully saturated rings. The van der Waals surface area contributed by atoms with Crippen LogP contribution in [0.15, 0.2) is 30.3 Å². The van der Waals surface area contributed by atoms with Crippen molar-refractivity contribution in [2.24, 2.45) is 5.92 Å². The summed E-state index contributed by atoms with van der Waals surface area (Å²) < 4.78 is 5.61. The number of likely N-dealkylation sites (tertiary alicyclic amines) is 1. The van der Waals surface area contributed by atoms with Gasteiger partial charge in [-0.05, 0) is 50.3 Å². The average Bonchev–Trinajstić information content (AvgIpc) is 3.15. The number of benzene rings is 1. The number of carboxylic acid groups (broad SMARTS) is 1. The highest BCUT2D eigenvalue weighted by atomic mass is 16.6. The smallest absolute Gasteiger partial charge is 0.410 e. The summed E-state index contributed by atoms with van der Waals surface area (Å²) in [5, 5.41) is 8.92. The molecule has 1 unspecified atom stereocenters. The molecule has 182 valence electrons. The van der Waals surface area contributed by atoms with Crippen LogP contribution in [0.2, 0.25) is 0 Å². The molecule has 8 heteroatoms. The minimum Gasteiger partial charge on any atom is -0.480 e. The van der Waals surface area contributed by atoms with Gasteiger partial charge in [0, 0.05) is 45.8 Å². The molecule has 8 nitrogen and oxygen atoms in total. The number of hydrogen-bond donors (Lipinski definition) is 1.